The third-order valence-corrected chi connectivity index (χ3v) is 8.65. The zero-order valence-electron chi connectivity index (χ0n) is 28.0. The second kappa shape index (κ2) is 17.1. The number of amides is 2. The predicted octanol–water partition coefficient (Wildman–Crippen LogP) is 1.79. The van der Waals surface area contributed by atoms with Gasteiger partial charge in [0.05, 0.1) is 18.6 Å². The highest BCUT2D eigenvalue weighted by Gasteiger charge is 2.23. The van der Waals surface area contributed by atoms with E-state index in [1.165, 1.54) is 0 Å². The first-order chi connectivity index (χ1) is 24.2. The highest BCUT2D eigenvalue weighted by atomic mass is 16.2. The molecule has 2 heterocycles. The molecule has 0 aliphatic rings. The number of aromatic nitrogens is 5. The Labute approximate surface area is 289 Å². The molecular formula is C35H44N12O3. The number of nitrogens with zero attached hydrogens (tertiary/aromatic N) is 4. The molecule has 10 N–H and O–H groups in total. The molecule has 0 saturated carbocycles. The largest absolute Gasteiger partial charge is 0.370 e. The molecule has 0 aliphatic carbocycles. The molecular weight excluding hydrogens is 636 g/mol. The van der Waals surface area contributed by atoms with Gasteiger partial charge in [-0.2, -0.15) is 5.21 Å². The minimum atomic E-state index is -0.741. The molecule has 2 atom stereocenters. The van der Waals surface area contributed by atoms with E-state index in [1.807, 2.05) is 37.4 Å². The molecule has 0 saturated heterocycles. The number of guanidine groups is 1. The Morgan fingerprint density at radius 1 is 0.900 bits per heavy atom. The second-order valence-corrected chi connectivity index (χ2v) is 12.2. The number of ketones is 1. The smallest absolute Gasteiger partial charge is 0.251 e. The fourth-order valence-electron chi connectivity index (χ4n) is 6.02. The average molecular weight is 681 g/mol. The Morgan fingerprint density at radius 3 is 2.38 bits per heavy atom. The molecule has 0 aliphatic heterocycles. The maximum atomic E-state index is 13.4. The number of H-pyrrole nitrogens is 1. The number of nitrogens with one attached hydrogen (secondary N) is 6. The van der Waals surface area contributed by atoms with Gasteiger partial charge in [0.25, 0.3) is 5.91 Å². The first-order valence-electron chi connectivity index (χ1n) is 16.7. The SMILES string of the molecule is CNCCCC[C@H](NC(=O)c1ccc(Cn2c3ccccc3c3cc(-c4nn[nH]n4)ccc32)cc1)C(=O)CN[C@@H](CCCNC(=N)N)C(N)=O. The number of benzene rings is 3. The molecule has 0 bridgehead atoms. The number of aromatic amines is 1. The van der Waals surface area contributed by atoms with Gasteiger partial charge in [-0.1, -0.05) is 30.3 Å². The Balaban J connectivity index is 1.26. The number of nitrogens with two attached hydrogens (primary N) is 2. The molecule has 2 aromatic heterocycles. The Bertz CT molecular complexity index is 1920. The molecule has 15 heteroatoms. The van der Waals surface area contributed by atoms with E-state index in [-0.39, 0.29) is 24.2 Å². The molecule has 0 spiro atoms. The summed E-state index contributed by atoms with van der Waals surface area (Å²) in [4.78, 5) is 38.7. The van der Waals surface area contributed by atoms with E-state index in [0.29, 0.717) is 43.7 Å². The number of Topliss-reactive ketones (excluding diaryl/α,β-unsaturated/α-hetero) is 1. The molecule has 0 radical (unpaired) electrons. The van der Waals surface area contributed by atoms with Crippen molar-refractivity contribution in [3.63, 3.8) is 0 Å². The van der Waals surface area contributed by atoms with Crippen molar-refractivity contribution in [2.75, 3.05) is 26.7 Å². The van der Waals surface area contributed by atoms with Crippen molar-refractivity contribution in [3.05, 3.63) is 77.9 Å². The van der Waals surface area contributed by atoms with Crippen LogP contribution in [0.3, 0.4) is 0 Å². The van der Waals surface area contributed by atoms with Gasteiger partial charge in [-0.25, -0.2) is 0 Å². The number of rotatable bonds is 19. The van der Waals surface area contributed by atoms with E-state index >= 15 is 0 Å². The van der Waals surface area contributed by atoms with Crippen LogP contribution in [0.5, 0.6) is 0 Å². The predicted molar refractivity (Wildman–Crippen MR) is 192 cm³/mol. The van der Waals surface area contributed by atoms with Crippen LogP contribution in [0.25, 0.3) is 33.2 Å². The maximum Gasteiger partial charge on any atom is 0.251 e. The summed E-state index contributed by atoms with van der Waals surface area (Å²) in [6.07, 6.45) is 2.91. The van der Waals surface area contributed by atoms with Gasteiger partial charge >= 0.3 is 0 Å². The highest BCUT2D eigenvalue weighted by molar-refractivity contribution is 6.09. The number of primary amides is 1. The zero-order valence-corrected chi connectivity index (χ0v) is 28.0. The van der Waals surface area contributed by atoms with Crippen molar-refractivity contribution >= 4 is 45.4 Å². The number of fused-ring (bicyclic) bond motifs is 3. The van der Waals surface area contributed by atoms with Crippen LogP contribution in [0, 0.1) is 5.41 Å². The second-order valence-electron chi connectivity index (χ2n) is 12.2. The van der Waals surface area contributed by atoms with Crippen molar-refractivity contribution in [2.45, 2.75) is 50.7 Å². The van der Waals surface area contributed by atoms with Crippen LogP contribution in [0.1, 0.15) is 48.0 Å². The Kier molecular flexibility index (Phi) is 12.2. The number of unbranched alkanes of at least 4 members (excludes halogenated alkanes) is 1. The number of hydrogen-bond donors (Lipinski definition) is 8. The first-order valence-corrected chi connectivity index (χ1v) is 16.7. The molecule has 3 aromatic carbocycles. The summed E-state index contributed by atoms with van der Waals surface area (Å²) in [6, 6.07) is 20.2. The number of carbonyl (C=O) groups excluding carboxylic acids is 3. The lowest BCUT2D eigenvalue weighted by molar-refractivity contribution is -0.122. The van der Waals surface area contributed by atoms with Gasteiger partial charge in [-0.15, -0.1) is 10.2 Å². The lowest BCUT2D eigenvalue weighted by atomic mass is 10.0. The molecule has 5 aromatic rings. The monoisotopic (exact) mass is 680 g/mol. The van der Waals surface area contributed by atoms with Crippen LogP contribution >= 0.6 is 0 Å². The molecule has 5 rings (SSSR count). The molecule has 50 heavy (non-hydrogen) atoms. The van der Waals surface area contributed by atoms with E-state index < -0.39 is 18.0 Å². The third kappa shape index (κ3) is 9.06. The van der Waals surface area contributed by atoms with Crippen LogP contribution in [0.15, 0.2) is 66.7 Å². The van der Waals surface area contributed by atoms with Gasteiger partial charge in [-0.3, -0.25) is 25.1 Å². The fraction of sp³-hybridized carbons (Fsp3) is 0.343. The van der Waals surface area contributed by atoms with E-state index in [4.69, 9.17) is 16.9 Å². The highest BCUT2D eigenvalue weighted by Crippen LogP contribution is 2.32. The standard InChI is InChI=1S/C35H44N12O3/c1-39-17-5-4-8-27(31(48)20-41-28(32(36)49)9-6-18-40-35(37)38)42-34(50)23-13-11-22(12-14-23)21-47-29-10-3-2-7-25(29)26-19-24(15-16-30(26)47)33-43-45-46-44-33/h2-3,7,10-16,19,27-28,39,41H,4-6,8-9,17-18,20-21H2,1H3,(H2,36,49)(H,42,50)(H4,37,38,40)(H,43,44,45,46)/t27-,28-/m0/s1. The maximum absolute atomic E-state index is 13.4. The minimum absolute atomic E-state index is 0.126. The number of carbonyl (C=O) groups is 3. The van der Waals surface area contributed by atoms with Crippen molar-refractivity contribution in [2.24, 2.45) is 11.5 Å². The molecule has 0 fully saturated rings. The van der Waals surface area contributed by atoms with Gasteiger partial charge in [0.2, 0.25) is 11.7 Å². The summed E-state index contributed by atoms with van der Waals surface area (Å²) < 4.78 is 2.24. The van der Waals surface area contributed by atoms with Gasteiger partial charge in [0.1, 0.15) is 0 Å². The quantitative estimate of drug-likeness (QED) is 0.0358. The molecule has 2 amide bonds. The lowest BCUT2D eigenvalue weighted by Gasteiger charge is -2.20. The van der Waals surface area contributed by atoms with Crippen molar-refractivity contribution < 1.29 is 14.4 Å². The van der Waals surface area contributed by atoms with Crippen LogP contribution < -0.4 is 32.7 Å². The summed E-state index contributed by atoms with van der Waals surface area (Å²) in [5.41, 5.74) is 15.3. The molecule has 0 unspecified atom stereocenters. The Hall–Kier alpha value is -5.67. The number of hydrogen-bond acceptors (Lipinski definition) is 9. The topological polar surface area (TPSA) is 235 Å². The van der Waals surface area contributed by atoms with Crippen LogP contribution in [0.4, 0.5) is 0 Å². The van der Waals surface area contributed by atoms with Crippen LogP contribution in [0.2, 0.25) is 0 Å². The number of para-hydroxylation sites is 1. The number of tetrazole rings is 1. The van der Waals surface area contributed by atoms with E-state index in [9.17, 15) is 14.4 Å². The van der Waals surface area contributed by atoms with Crippen molar-refractivity contribution in [3.8, 4) is 11.4 Å². The summed E-state index contributed by atoms with van der Waals surface area (Å²) in [5.74, 6) is -0.793. The van der Waals surface area contributed by atoms with Crippen LogP contribution in [-0.4, -0.2) is 87.5 Å². The Morgan fingerprint density at radius 2 is 1.66 bits per heavy atom. The normalized spacial score (nSPS) is 12.5. The summed E-state index contributed by atoms with van der Waals surface area (Å²) in [5, 5.41) is 35.5. The van der Waals surface area contributed by atoms with Crippen LogP contribution in [-0.2, 0) is 16.1 Å². The molecule has 262 valence electrons. The minimum Gasteiger partial charge on any atom is -0.370 e. The lowest BCUT2D eigenvalue weighted by Crippen LogP contribution is -2.49. The summed E-state index contributed by atoms with van der Waals surface area (Å²) in [7, 11) is 1.86. The van der Waals surface area contributed by atoms with Crippen molar-refractivity contribution in [1.82, 2.24) is 46.5 Å². The zero-order chi connectivity index (χ0) is 35.5. The van der Waals surface area contributed by atoms with E-state index in [0.717, 1.165) is 52.3 Å². The van der Waals surface area contributed by atoms with E-state index in [2.05, 4.69) is 70.7 Å². The first kappa shape index (κ1) is 35.6. The molecule has 15 nitrogen and oxygen atoms in total. The van der Waals surface area contributed by atoms with E-state index in [1.54, 1.807) is 12.1 Å². The van der Waals surface area contributed by atoms with Gasteiger partial charge in [0.15, 0.2) is 11.7 Å². The third-order valence-electron chi connectivity index (χ3n) is 8.65. The summed E-state index contributed by atoms with van der Waals surface area (Å²) >= 11 is 0. The van der Waals surface area contributed by atoms with Gasteiger partial charge < -0.3 is 32.0 Å². The fourth-order valence-corrected chi connectivity index (χ4v) is 6.02. The van der Waals surface area contributed by atoms with Gasteiger partial charge in [0, 0.05) is 46.0 Å². The van der Waals surface area contributed by atoms with Crippen molar-refractivity contribution in [1.29, 1.82) is 5.41 Å². The summed E-state index contributed by atoms with van der Waals surface area (Å²) in [6.45, 7) is 1.65. The van der Waals surface area contributed by atoms with Gasteiger partial charge in [-0.05, 0) is 92.9 Å². The average Bonchev–Trinajstić information content (AvgIpc) is 3.76.